The van der Waals surface area contributed by atoms with Crippen LogP contribution in [-0.2, 0) is 0 Å². The van der Waals surface area contributed by atoms with Gasteiger partial charge in [-0.25, -0.2) is 0 Å². The number of rotatable bonds is 0. The monoisotopic (exact) mass is 706 g/mol. The lowest BCUT2D eigenvalue weighted by molar-refractivity contribution is 0.0772. The van der Waals surface area contributed by atoms with Gasteiger partial charge in [0.25, 0.3) is 0 Å². The summed E-state index contributed by atoms with van der Waals surface area (Å²) in [7, 11) is 0. The molecule has 3 fully saturated rings. The second-order valence-corrected chi connectivity index (χ2v) is 18.8. The summed E-state index contributed by atoms with van der Waals surface area (Å²) in [5.74, 6) is 1.74. The van der Waals surface area contributed by atoms with E-state index in [-0.39, 0.29) is 11.8 Å². The molecule has 0 aromatic carbocycles. The molecule has 34 heavy (non-hydrogen) atoms. The van der Waals surface area contributed by atoms with Crippen LogP contribution in [0.4, 0.5) is 0 Å². The Hall–Kier alpha value is 3.22. The van der Waals surface area contributed by atoms with Gasteiger partial charge in [0.15, 0.2) is 26.0 Å². The Morgan fingerprint density at radius 2 is 0.765 bits per heavy atom. The summed E-state index contributed by atoms with van der Waals surface area (Å²) >= 11 is 83.0. The van der Waals surface area contributed by atoms with Crippen LogP contribution in [0.5, 0.6) is 0 Å². The Morgan fingerprint density at radius 3 is 1.12 bits per heavy atom. The van der Waals surface area contributed by atoms with E-state index in [0.29, 0.717) is 34.8 Å². The van der Waals surface area contributed by atoms with Crippen LogP contribution in [0.3, 0.4) is 0 Å². The van der Waals surface area contributed by atoms with E-state index >= 15 is 0 Å². The summed E-state index contributed by atoms with van der Waals surface area (Å²) in [5.41, 5.74) is 1.06. The van der Waals surface area contributed by atoms with Crippen molar-refractivity contribution in [2.45, 2.75) is 77.4 Å². The summed E-state index contributed by atoms with van der Waals surface area (Å²) < 4.78 is -13.7. The second kappa shape index (κ2) is 8.86. The van der Waals surface area contributed by atoms with Gasteiger partial charge in [0.05, 0.1) is 0 Å². The third-order valence-corrected chi connectivity index (χ3v) is 17.6. The fourth-order valence-corrected chi connectivity index (χ4v) is 12.0. The molecule has 0 amide bonds. The normalized spacial score (nSPS) is 44.8. The van der Waals surface area contributed by atoms with Crippen molar-refractivity contribution in [2.75, 3.05) is 0 Å². The predicted octanol–water partition coefficient (Wildman–Crippen LogP) is 11.2. The SMILES string of the molecule is ClC1(Cl)C2=C(C3CCC4CC5CCC2C(C5)CC3C4)C(Cl)(Cl)C(Cl)(Cl)C(Cl)(Cl)C(Cl)(Cl)C1(Cl)Cl. The van der Waals surface area contributed by atoms with Gasteiger partial charge in [-0.2, -0.15) is 0 Å². The van der Waals surface area contributed by atoms with Crippen molar-refractivity contribution in [3.8, 4) is 0 Å². The van der Waals surface area contributed by atoms with Gasteiger partial charge in [-0.1, -0.05) is 139 Å². The lowest BCUT2D eigenvalue weighted by Gasteiger charge is -2.57. The molecule has 12 heteroatoms. The zero-order valence-electron chi connectivity index (χ0n) is 17.7. The fraction of sp³-hybridized carbons (Fsp3) is 0.909. The van der Waals surface area contributed by atoms with E-state index in [1.807, 2.05) is 0 Å². The molecule has 3 saturated carbocycles. The number of hydrogen-bond donors (Lipinski definition) is 0. The molecule has 5 aliphatic rings. The lowest BCUT2D eigenvalue weighted by Crippen LogP contribution is -2.69. The summed E-state index contributed by atoms with van der Waals surface area (Å²) in [6.45, 7) is 0. The molecule has 5 aliphatic carbocycles. The molecule has 0 aliphatic heterocycles. The maximum atomic E-state index is 7.17. The molecule has 0 radical (unpaired) electrons. The third-order valence-electron chi connectivity index (χ3n) is 9.13. The van der Waals surface area contributed by atoms with Crippen LogP contribution >= 0.6 is 139 Å². The van der Waals surface area contributed by atoms with Gasteiger partial charge in [0, 0.05) is 0 Å². The van der Waals surface area contributed by atoms with Gasteiger partial charge in [0.1, 0.15) is 0 Å². The molecule has 0 aromatic heterocycles. The van der Waals surface area contributed by atoms with Crippen LogP contribution in [0, 0.1) is 35.5 Å². The van der Waals surface area contributed by atoms with Gasteiger partial charge in [-0.3, -0.25) is 0 Å². The predicted molar refractivity (Wildman–Crippen MR) is 152 cm³/mol. The van der Waals surface area contributed by atoms with Crippen molar-refractivity contribution >= 4 is 139 Å². The molecule has 6 unspecified atom stereocenters. The van der Waals surface area contributed by atoms with Crippen molar-refractivity contribution in [1.82, 2.24) is 0 Å². The number of fused-ring (bicyclic) bond motifs is 4. The highest BCUT2D eigenvalue weighted by Gasteiger charge is 2.80. The molecule has 0 spiro atoms. The van der Waals surface area contributed by atoms with Crippen molar-refractivity contribution in [2.24, 2.45) is 35.5 Å². The number of hydrogen-bond acceptors (Lipinski definition) is 0. The first-order valence-corrected chi connectivity index (χ1v) is 15.9. The van der Waals surface area contributed by atoms with Crippen molar-refractivity contribution in [3.05, 3.63) is 11.1 Å². The maximum Gasteiger partial charge on any atom is 0.190 e. The minimum Gasteiger partial charge on any atom is -0.0946 e. The average Bonchev–Trinajstić information content (AvgIpc) is 2.89. The zero-order chi connectivity index (χ0) is 25.3. The molecule has 0 saturated heterocycles. The van der Waals surface area contributed by atoms with Crippen molar-refractivity contribution in [1.29, 1.82) is 0 Å². The van der Waals surface area contributed by atoms with Crippen LogP contribution in [0.25, 0.3) is 0 Å². The zero-order valence-corrected chi connectivity index (χ0v) is 26.7. The molecule has 0 heterocycles. The summed E-state index contributed by atoms with van der Waals surface area (Å²) in [6, 6.07) is 0. The quantitative estimate of drug-likeness (QED) is 0.173. The molecule has 194 valence electrons. The van der Waals surface area contributed by atoms with Gasteiger partial charge < -0.3 is 0 Å². The van der Waals surface area contributed by atoms with E-state index in [1.54, 1.807) is 0 Å². The average molecular weight is 712 g/mol. The Labute approximate surface area is 260 Å². The Kier molecular flexibility index (Phi) is 7.49. The van der Waals surface area contributed by atoms with E-state index in [0.717, 1.165) is 44.9 Å². The molecule has 4 bridgehead atoms. The fourth-order valence-electron chi connectivity index (χ4n) is 7.62. The standard InChI is InChI=1S/C22H22Cl12/c23-17(24)15-13-3-1-9-5-10-2-4-14(12(7-10)8-11(13)6-9)16(15)18(25,26)20(29,30)22(33,34)21(31,32)19(17,27)28/h9-14H,1-8H2. The number of halogens is 12. The minimum atomic E-state index is -2.49. The summed E-state index contributed by atoms with van der Waals surface area (Å²) in [4.78, 5) is 0. The number of alkyl halides is 12. The van der Waals surface area contributed by atoms with Crippen LogP contribution in [0.15, 0.2) is 11.1 Å². The highest BCUT2D eigenvalue weighted by atomic mass is 35.6. The third kappa shape index (κ3) is 3.66. The van der Waals surface area contributed by atoms with Gasteiger partial charge in [-0.05, 0) is 98.0 Å². The van der Waals surface area contributed by atoms with Gasteiger partial charge in [0.2, 0.25) is 0 Å². The van der Waals surface area contributed by atoms with Crippen LogP contribution in [0.1, 0.15) is 51.4 Å². The molecular weight excluding hydrogens is 690 g/mol. The highest BCUT2D eigenvalue weighted by Crippen LogP contribution is 2.75. The Balaban J connectivity index is 1.88. The summed E-state index contributed by atoms with van der Waals surface area (Å²) in [6.07, 6.45) is 8.07. The van der Waals surface area contributed by atoms with E-state index in [4.69, 9.17) is 139 Å². The molecule has 0 nitrogen and oxygen atoms in total. The molecule has 5 rings (SSSR count). The van der Waals surface area contributed by atoms with E-state index in [2.05, 4.69) is 0 Å². The molecule has 0 N–H and O–H groups in total. The molecule has 6 atom stereocenters. The van der Waals surface area contributed by atoms with E-state index in [9.17, 15) is 0 Å². The molecule has 0 aromatic rings. The van der Waals surface area contributed by atoms with Crippen LogP contribution < -0.4 is 0 Å². The second-order valence-electron chi connectivity index (χ2n) is 10.8. The van der Waals surface area contributed by atoms with Gasteiger partial charge in [-0.15, -0.1) is 0 Å². The maximum absolute atomic E-state index is 7.17. The van der Waals surface area contributed by atoms with Crippen molar-refractivity contribution in [3.63, 3.8) is 0 Å². The lowest BCUT2D eigenvalue weighted by atomic mass is 9.61. The minimum absolute atomic E-state index is 0.0939. The van der Waals surface area contributed by atoms with Crippen LogP contribution in [-0.4, -0.2) is 26.0 Å². The molecular formula is C22H22Cl12. The first-order valence-electron chi connectivity index (χ1n) is 11.4. The van der Waals surface area contributed by atoms with E-state index < -0.39 is 26.0 Å². The van der Waals surface area contributed by atoms with Crippen molar-refractivity contribution < 1.29 is 0 Å². The topological polar surface area (TPSA) is 0 Å². The van der Waals surface area contributed by atoms with Gasteiger partial charge >= 0.3 is 0 Å². The summed E-state index contributed by atoms with van der Waals surface area (Å²) in [5, 5.41) is 0. The largest absolute Gasteiger partial charge is 0.190 e. The highest BCUT2D eigenvalue weighted by molar-refractivity contribution is 6.79. The number of allylic oxidation sites excluding steroid dienone is 2. The Morgan fingerprint density at radius 1 is 0.412 bits per heavy atom. The smallest absolute Gasteiger partial charge is 0.0946 e. The van der Waals surface area contributed by atoms with E-state index in [1.165, 1.54) is 6.42 Å². The van der Waals surface area contributed by atoms with Crippen LogP contribution in [0.2, 0.25) is 0 Å². The first-order chi connectivity index (χ1) is 15.4. The first kappa shape index (κ1) is 28.7. The Bertz CT molecular complexity index is 834.